The van der Waals surface area contributed by atoms with Gasteiger partial charge in [0.25, 0.3) is 10.0 Å². The standard InChI is InChI=1S/C75H91N11O9S/c1-11-40-84(41-12-2)70(90)63(43-53-46-86(72(91)95-73(6,7)8)64-38-26-25-36-58(53)64)82-68(88)61(37-27-39-78-71(77)83-96(92,93)66-50(4)49(3)65-59(51(66)5)45-74(9,10)94-65)80-69(89)62(42-52-28-17-13-18-29-52)81-67(87)60(76)44-57-47-85(48-79-57)75(54-30-19-14-20-31-54,55-32-21-15-22-33-55)56-34-23-16-24-35-56/h13-26,28-36,38,46-48,60-63H,11-12,27,37,39-45,76H2,1-10H3,(H,80,89)(H,81,87)(H,82,88)(H3,77,78,83)/t60-,61-,62+,63+/m0/s1. The molecule has 20 nitrogen and oxygen atoms in total. The highest BCUT2D eigenvalue weighted by molar-refractivity contribution is 7.90. The molecule has 4 atom stereocenters. The van der Waals surface area contributed by atoms with E-state index in [1.807, 2.05) is 142 Å². The second-order valence-electron chi connectivity index (χ2n) is 26.4. The van der Waals surface area contributed by atoms with Crippen LogP contribution in [0.1, 0.15) is 130 Å². The molecule has 8 N–H and O–H groups in total. The number of para-hydroxylation sites is 1. The zero-order valence-electron chi connectivity index (χ0n) is 56.6. The maximum absolute atomic E-state index is 15.3. The number of amides is 4. The molecule has 0 saturated carbocycles. The molecule has 0 radical (unpaired) electrons. The van der Waals surface area contributed by atoms with E-state index in [9.17, 15) is 18.0 Å². The lowest BCUT2D eigenvalue weighted by Crippen LogP contribution is -2.59. The van der Waals surface area contributed by atoms with Gasteiger partial charge in [-0.1, -0.05) is 153 Å². The fraction of sp³-hybridized carbons (Fsp3) is 0.373. The number of imidazole rings is 1. The van der Waals surface area contributed by atoms with Crippen LogP contribution < -0.4 is 36.9 Å². The minimum absolute atomic E-state index is 0.0118. The molecule has 0 spiro atoms. The maximum atomic E-state index is 15.3. The van der Waals surface area contributed by atoms with Crippen molar-refractivity contribution in [1.29, 1.82) is 0 Å². The number of nitrogens with two attached hydrogens (primary N) is 2. The quantitative estimate of drug-likeness (QED) is 0.0122. The third-order valence-corrected chi connectivity index (χ3v) is 19.0. The third-order valence-electron chi connectivity index (χ3n) is 17.4. The molecule has 0 unspecified atom stereocenters. The Labute approximate surface area is 563 Å². The number of carbonyl (C=O) groups is 5. The van der Waals surface area contributed by atoms with E-state index >= 15 is 14.4 Å². The molecule has 0 bridgehead atoms. The summed E-state index contributed by atoms with van der Waals surface area (Å²) < 4.78 is 46.3. The lowest BCUT2D eigenvalue weighted by molar-refractivity contribution is -0.138. The summed E-state index contributed by atoms with van der Waals surface area (Å²) in [6.07, 6.45) is 6.26. The van der Waals surface area contributed by atoms with Gasteiger partial charge in [-0.25, -0.2) is 22.9 Å². The van der Waals surface area contributed by atoms with Gasteiger partial charge >= 0.3 is 6.09 Å². The lowest BCUT2D eigenvalue weighted by Gasteiger charge is -2.37. The van der Waals surface area contributed by atoms with Crippen molar-refractivity contribution in [3.8, 4) is 5.75 Å². The van der Waals surface area contributed by atoms with Crippen molar-refractivity contribution in [3.63, 3.8) is 0 Å². The lowest BCUT2D eigenvalue weighted by atomic mass is 9.77. The maximum Gasteiger partial charge on any atom is 0.419 e. The number of hydrogen-bond donors (Lipinski definition) is 6. The summed E-state index contributed by atoms with van der Waals surface area (Å²) in [4.78, 5) is 84.9. The minimum atomic E-state index is -4.27. The molecule has 0 aliphatic carbocycles. The number of rotatable bonds is 27. The number of aromatic nitrogens is 3. The molecule has 1 aliphatic rings. The predicted octanol–water partition coefficient (Wildman–Crippen LogP) is 9.63. The number of benzene rings is 6. The topological polar surface area (TPSA) is 276 Å². The molecule has 4 amide bonds. The molecule has 3 heterocycles. The summed E-state index contributed by atoms with van der Waals surface area (Å²) in [6.45, 7) is 19.1. The largest absolute Gasteiger partial charge is 0.487 e. The van der Waals surface area contributed by atoms with Gasteiger partial charge in [0.1, 0.15) is 40.6 Å². The van der Waals surface area contributed by atoms with Gasteiger partial charge in [0.15, 0.2) is 0 Å². The van der Waals surface area contributed by atoms with Gasteiger partial charge < -0.3 is 46.4 Å². The number of aliphatic imine (C=N–C) groups is 1. The Bertz CT molecular complexity index is 4100. The van der Waals surface area contributed by atoms with Crippen molar-refractivity contribution in [3.05, 3.63) is 220 Å². The first-order valence-electron chi connectivity index (χ1n) is 32.9. The number of nitrogens with zero attached hydrogens (tertiary/aromatic N) is 5. The van der Waals surface area contributed by atoms with Gasteiger partial charge in [0.05, 0.1) is 28.5 Å². The van der Waals surface area contributed by atoms with E-state index in [1.165, 1.54) is 4.57 Å². The first-order chi connectivity index (χ1) is 45.7. The van der Waals surface area contributed by atoms with E-state index in [0.29, 0.717) is 82.5 Å². The Morgan fingerprint density at radius 1 is 0.698 bits per heavy atom. The number of hydrogen-bond acceptors (Lipinski definition) is 12. The van der Waals surface area contributed by atoms with Crippen molar-refractivity contribution in [2.45, 2.75) is 166 Å². The van der Waals surface area contributed by atoms with Crippen molar-refractivity contribution < 1.29 is 41.9 Å². The average molecular weight is 1320 g/mol. The minimum Gasteiger partial charge on any atom is -0.487 e. The van der Waals surface area contributed by atoms with Crippen LogP contribution in [-0.2, 0) is 65.2 Å². The van der Waals surface area contributed by atoms with Gasteiger partial charge in [-0.05, 0) is 132 Å². The molecule has 96 heavy (non-hydrogen) atoms. The zero-order valence-corrected chi connectivity index (χ0v) is 57.5. The number of carbonyl (C=O) groups excluding carboxylic acids is 5. The Balaban J connectivity index is 1.01. The second kappa shape index (κ2) is 30.4. The molecule has 8 aromatic rings. The summed E-state index contributed by atoms with van der Waals surface area (Å²) in [5, 5.41) is 9.52. The number of fused-ring (bicyclic) bond motifs is 2. The molecule has 0 saturated heterocycles. The summed E-state index contributed by atoms with van der Waals surface area (Å²) >= 11 is 0. The van der Waals surface area contributed by atoms with Crippen LogP contribution in [0, 0.1) is 20.8 Å². The Kier molecular flexibility index (Phi) is 22.4. The third kappa shape index (κ3) is 16.4. The molecular weight excluding hydrogens is 1230 g/mol. The van der Waals surface area contributed by atoms with E-state index in [2.05, 4.69) is 62.1 Å². The highest BCUT2D eigenvalue weighted by Gasteiger charge is 2.40. The van der Waals surface area contributed by atoms with Gasteiger partial charge in [-0.15, -0.1) is 0 Å². The van der Waals surface area contributed by atoms with E-state index in [0.717, 1.165) is 22.3 Å². The first kappa shape index (κ1) is 70.7. The van der Waals surface area contributed by atoms with Crippen LogP contribution in [-0.4, -0.2) is 118 Å². The predicted molar refractivity (Wildman–Crippen MR) is 374 cm³/mol. The van der Waals surface area contributed by atoms with Crippen LogP contribution in [0.2, 0.25) is 0 Å². The molecule has 0 fully saturated rings. The van der Waals surface area contributed by atoms with E-state index in [4.69, 9.17) is 25.9 Å². The highest BCUT2D eigenvalue weighted by atomic mass is 32.2. The fourth-order valence-corrected chi connectivity index (χ4v) is 14.4. The Hall–Kier alpha value is -9.60. The number of guanidine groups is 1. The zero-order chi connectivity index (χ0) is 69.1. The smallest absolute Gasteiger partial charge is 0.419 e. The molecule has 506 valence electrons. The molecule has 6 aromatic carbocycles. The average Bonchev–Trinajstić information content (AvgIpc) is 1.38. The van der Waals surface area contributed by atoms with Crippen LogP contribution >= 0.6 is 0 Å². The van der Waals surface area contributed by atoms with Crippen LogP contribution in [0.5, 0.6) is 5.75 Å². The summed E-state index contributed by atoms with van der Waals surface area (Å²) in [7, 11) is -4.27. The summed E-state index contributed by atoms with van der Waals surface area (Å²) in [5.41, 5.74) is 18.8. The molecule has 2 aromatic heterocycles. The molecular formula is C75H91N11O9S. The van der Waals surface area contributed by atoms with E-state index in [-0.39, 0.29) is 49.5 Å². The SMILES string of the molecule is CCCN(CCC)C(=O)[C@@H](Cc1cn(C(=O)OC(C)(C)C)c2ccccc12)NC(=O)[C@H](CCCN=C(N)NS(=O)(=O)c1c(C)c(C)c2c(c1C)CC(C)(C)O2)NC(=O)[C@@H](Cc1ccccc1)NC(=O)[C@@H](N)Cc1cn(C(c2ccccc2)(c2ccccc2)c2ccccc2)cn1. The monoisotopic (exact) mass is 1320 g/mol. The molecule has 21 heteroatoms. The van der Waals surface area contributed by atoms with Gasteiger partial charge in [0.2, 0.25) is 29.6 Å². The molecule has 1 aliphatic heterocycles. The highest BCUT2D eigenvalue weighted by Crippen LogP contribution is 2.44. The van der Waals surface area contributed by atoms with Crippen LogP contribution in [0.25, 0.3) is 10.9 Å². The number of ether oxygens (including phenoxy) is 2. The van der Waals surface area contributed by atoms with Crippen molar-refractivity contribution in [2.24, 2.45) is 16.5 Å². The first-order valence-corrected chi connectivity index (χ1v) is 34.4. The Morgan fingerprint density at radius 3 is 1.82 bits per heavy atom. The summed E-state index contributed by atoms with van der Waals surface area (Å²) in [6, 6.07) is 41.5. The fourth-order valence-electron chi connectivity index (χ4n) is 12.9. The van der Waals surface area contributed by atoms with E-state index in [1.54, 1.807) is 64.2 Å². The van der Waals surface area contributed by atoms with Crippen LogP contribution in [0.15, 0.2) is 174 Å². The molecule has 9 rings (SSSR count). The van der Waals surface area contributed by atoms with Gasteiger partial charge in [-0.3, -0.25) is 28.7 Å². The van der Waals surface area contributed by atoms with Gasteiger partial charge in [-0.2, -0.15) is 0 Å². The summed E-state index contributed by atoms with van der Waals surface area (Å²) in [5.74, 6) is -2.22. The number of sulfonamides is 1. The van der Waals surface area contributed by atoms with Crippen molar-refractivity contribution in [2.75, 3.05) is 19.6 Å². The van der Waals surface area contributed by atoms with Crippen LogP contribution in [0.3, 0.4) is 0 Å². The Morgan fingerprint density at radius 2 is 1.24 bits per heavy atom. The van der Waals surface area contributed by atoms with Crippen molar-refractivity contribution >= 4 is 56.6 Å². The van der Waals surface area contributed by atoms with Gasteiger partial charge in [0, 0.05) is 68.7 Å². The second-order valence-corrected chi connectivity index (χ2v) is 28.0. The number of nitrogens with one attached hydrogen (secondary N) is 4. The van der Waals surface area contributed by atoms with Crippen LogP contribution in [0.4, 0.5) is 4.79 Å². The van der Waals surface area contributed by atoms with Crippen molar-refractivity contribution in [1.82, 2.24) is 39.7 Å². The normalized spacial score (nSPS) is 14.3. The van der Waals surface area contributed by atoms with E-state index < -0.39 is 80.7 Å².